The second kappa shape index (κ2) is 5.98. The maximum absolute atomic E-state index is 5.98. The summed E-state index contributed by atoms with van der Waals surface area (Å²) < 4.78 is 4.75. The van der Waals surface area contributed by atoms with Crippen LogP contribution in [0.15, 0.2) is 76.9 Å². The molecule has 0 saturated carbocycles. The molecule has 0 amide bonds. The Bertz CT molecular complexity index is 913. The van der Waals surface area contributed by atoms with Gasteiger partial charge in [0, 0.05) is 0 Å². The Labute approximate surface area is 143 Å². The predicted octanol–water partition coefficient (Wildman–Crippen LogP) is 4.86. The fourth-order valence-corrected chi connectivity index (χ4v) is 6.00. The number of imidazole rings is 1. The Morgan fingerprint density at radius 3 is 2.55 bits per heavy atom. The van der Waals surface area contributed by atoms with Crippen LogP contribution in [0, 0.1) is 0 Å². The fourth-order valence-electron chi connectivity index (χ4n) is 2.25. The Hall–Kier alpha value is -1.45. The summed E-state index contributed by atoms with van der Waals surface area (Å²) in [7, 11) is 0. The summed E-state index contributed by atoms with van der Waals surface area (Å²) >= 11 is 7.99. The van der Waals surface area contributed by atoms with Crippen molar-refractivity contribution in [3.05, 3.63) is 72.0 Å². The molecule has 0 spiro atoms. The van der Waals surface area contributed by atoms with Crippen molar-refractivity contribution in [2.24, 2.45) is 0 Å². The molecule has 2 aromatic heterocycles. The molecule has 0 unspecified atom stereocenters. The molecule has 0 bridgehead atoms. The fraction of sp³-hybridized carbons (Fsp3) is 0. The van der Waals surface area contributed by atoms with Crippen LogP contribution in [0.5, 0.6) is 0 Å². The molecule has 2 heterocycles. The van der Waals surface area contributed by atoms with Crippen molar-refractivity contribution >= 4 is 42.4 Å². The number of halogens is 1. The summed E-state index contributed by atoms with van der Waals surface area (Å²) in [6, 6.07) is 18.6. The van der Waals surface area contributed by atoms with Gasteiger partial charge in [-0.1, -0.05) is 0 Å². The standard InChI is InChI=1S/C17H11ClN2SSe/c18-13-6-8-14(9-7-13)21-16-15(12-4-2-1-3-5-12)22-17-19-10-11-20(16)17/h1-11H. The quantitative estimate of drug-likeness (QED) is 0.465. The first-order valence-corrected chi connectivity index (χ1v) is 9.67. The van der Waals surface area contributed by atoms with Gasteiger partial charge in [-0.05, 0) is 0 Å². The number of fused-ring (bicyclic) bond motifs is 1. The Morgan fingerprint density at radius 1 is 1.00 bits per heavy atom. The van der Waals surface area contributed by atoms with E-state index in [0.717, 1.165) is 9.54 Å². The Morgan fingerprint density at radius 2 is 1.77 bits per heavy atom. The summed E-state index contributed by atoms with van der Waals surface area (Å²) in [4.78, 5) is 5.68. The van der Waals surface area contributed by atoms with Crippen molar-refractivity contribution in [1.82, 2.24) is 9.38 Å². The molecule has 5 heteroatoms. The molecule has 0 N–H and O–H groups in total. The maximum atomic E-state index is 5.98. The Balaban J connectivity index is 1.84. The second-order valence-corrected chi connectivity index (χ2v) is 8.29. The third kappa shape index (κ3) is 2.64. The van der Waals surface area contributed by atoms with E-state index in [1.807, 2.05) is 24.5 Å². The van der Waals surface area contributed by atoms with Crippen molar-refractivity contribution in [1.29, 1.82) is 0 Å². The summed E-state index contributed by atoms with van der Waals surface area (Å²) in [5.74, 6) is 0. The van der Waals surface area contributed by atoms with E-state index in [-0.39, 0.29) is 14.5 Å². The number of rotatable bonds is 3. The minimum atomic E-state index is 0.236. The molecule has 4 aromatic rings. The molecule has 0 saturated heterocycles. The van der Waals surface area contributed by atoms with Crippen LogP contribution < -0.4 is 0 Å². The summed E-state index contributed by atoms with van der Waals surface area (Å²) in [5.41, 5.74) is 1.28. The molecule has 2 nitrogen and oxygen atoms in total. The van der Waals surface area contributed by atoms with Gasteiger partial charge in [0.1, 0.15) is 0 Å². The van der Waals surface area contributed by atoms with Crippen molar-refractivity contribution in [3.8, 4) is 10.0 Å². The van der Waals surface area contributed by atoms with E-state index in [1.54, 1.807) is 11.8 Å². The topological polar surface area (TPSA) is 17.3 Å². The molecule has 0 aliphatic carbocycles. The van der Waals surface area contributed by atoms with E-state index in [0.29, 0.717) is 0 Å². The molecular formula is C17H11ClN2SSe. The summed E-state index contributed by atoms with van der Waals surface area (Å²) in [6.45, 7) is 0. The molecule has 0 aliphatic rings. The van der Waals surface area contributed by atoms with Crippen LogP contribution in [0.4, 0.5) is 0 Å². The number of hydrogen-bond acceptors (Lipinski definition) is 2. The SMILES string of the molecule is Clc1ccc(Sc2c(-c3ccccc3)[se]c3nccn23)cc1. The third-order valence-corrected chi connectivity index (χ3v) is 7.27. The number of nitrogens with zero attached hydrogens (tertiary/aromatic N) is 2. The first-order chi connectivity index (χ1) is 10.8. The summed E-state index contributed by atoms with van der Waals surface area (Å²) in [6.07, 6.45) is 3.92. The minimum absolute atomic E-state index is 0.236. The Kier molecular flexibility index (Phi) is 3.85. The van der Waals surface area contributed by atoms with Crippen molar-refractivity contribution in [3.63, 3.8) is 0 Å². The van der Waals surface area contributed by atoms with Crippen LogP contribution in [0.25, 0.3) is 14.5 Å². The molecule has 22 heavy (non-hydrogen) atoms. The monoisotopic (exact) mass is 390 g/mol. The first-order valence-electron chi connectivity index (χ1n) is 6.76. The average molecular weight is 390 g/mol. The van der Waals surface area contributed by atoms with Crippen molar-refractivity contribution in [2.45, 2.75) is 9.92 Å². The van der Waals surface area contributed by atoms with Crippen LogP contribution in [0.1, 0.15) is 0 Å². The van der Waals surface area contributed by atoms with E-state index in [2.05, 4.69) is 51.8 Å². The third-order valence-electron chi connectivity index (χ3n) is 3.28. The zero-order valence-corrected chi connectivity index (χ0v) is 14.7. The van der Waals surface area contributed by atoms with Gasteiger partial charge in [-0.2, -0.15) is 0 Å². The van der Waals surface area contributed by atoms with Crippen LogP contribution in [0.3, 0.4) is 0 Å². The second-order valence-electron chi connectivity index (χ2n) is 4.74. The molecule has 0 fully saturated rings. The zero-order valence-electron chi connectivity index (χ0n) is 11.4. The molecule has 108 valence electrons. The van der Waals surface area contributed by atoms with Crippen molar-refractivity contribution in [2.75, 3.05) is 0 Å². The van der Waals surface area contributed by atoms with Crippen LogP contribution in [-0.4, -0.2) is 23.9 Å². The zero-order chi connectivity index (χ0) is 14.9. The van der Waals surface area contributed by atoms with Crippen LogP contribution in [0.2, 0.25) is 5.02 Å². The van der Waals surface area contributed by atoms with Gasteiger partial charge in [0.2, 0.25) is 0 Å². The van der Waals surface area contributed by atoms with Gasteiger partial charge in [-0.25, -0.2) is 0 Å². The van der Waals surface area contributed by atoms with E-state index in [1.165, 1.54) is 19.9 Å². The van der Waals surface area contributed by atoms with Crippen molar-refractivity contribution < 1.29 is 0 Å². The van der Waals surface area contributed by atoms with Crippen LogP contribution in [-0.2, 0) is 0 Å². The van der Waals surface area contributed by atoms with E-state index < -0.39 is 0 Å². The van der Waals surface area contributed by atoms with Gasteiger partial charge < -0.3 is 0 Å². The van der Waals surface area contributed by atoms with E-state index >= 15 is 0 Å². The van der Waals surface area contributed by atoms with E-state index in [9.17, 15) is 0 Å². The first kappa shape index (κ1) is 14.2. The number of benzene rings is 2. The van der Waals surface area contributed by atoms with Gasteiger partial charge in [-0.15, -0.1) is 0 Å². The molecule has 0 atom stereocenters. The van der Waals surface area contributed by atoms with Gasteiger partial charge in [0.25, 0.3) is 0 Å². The van der Waals surface area contributed by atoms with Gasteiger partial charge in [-0.3, -0.25) is 0 Å². The number of aromatic nitrogens is 2. The van der Waals surface area contributed by atoms with E-state index in [4.69, 9.17) is 11.6 Å². The average Bonchev–Trinajstić information content (AvgIpc) is 3.13. The normalized spacial score (nSPS) is 11.1. The molecular weight excluding hydrogens is 379 g/mol. The van der Waals surface area contributed by atoms with Gasteiger partial charge in [0.15, 0.2) is 0 Å². The molecule has 4 rings (SSSR count). The van der Waals surface area contributed by atoms with Gasteiger partial charge >= 0.3 is 144 Å². The molecule has 0 radical (unpaired) electrons. The predicted molar refractivity (Wildman–Crippen MR) is 93.1 cm³/mol. The molecule has 0 aliphatic heterocycles. The number of hydrogen-bond donors (Lipinski definition) is 0. The molecule has 2 aromatic carbocycles. The van der Waals surface area contributed by atoms with Crippen LogP contribution >= 0.6 is 23.4 Å². The van der Waals surface area contributed by atoms with Gasteiger partial charge in [0.05, 0.1) is 0 Å². The summed E-state index contributed by atoms with van der Waals surface area (Å²) in [5, 5.41) is 2.02.